The molecule has 3 aromatic rings. The number of hydrogen-bond donors (Lipinski definition) is 3. The Balaban J connectivity index is 1.54. The zero-order valence-electron chi connectivity index (χ0n) is 19.7. The Labute approximate surface area is 200 Å². The Kier molecular flexibility index (Phi) is 9.08. The molecular weight excluding hydrogens is 432 g/mol. The maximum Gasteiger partial charge on any atom is 0.319 e. The molecule has 8 heteroatoms. The van der Waals surface area contributed by atoms with Gasteiger partial charge in [-0.05, 0) is 37.8 Å². The van der Waals surface area contributed by atoms with Crippen LogP contribution in [0.15, 0.2) is 54.9 Å². The number of urea groups is 1. The molecule has 2 amide bonds. The average molecular weight is 465 g/mol. The highest BCUT2D eigenvalue weighted by atomic mass is 16.5. The largest absolute Gasteiger partial charge is 0.491 e. The fourth-order valence-corrected chi connectivity index (χ4v) is 3.75. The summed E-state index contributed by atoms with van der Waals surface area (Å²) in [5, 5.41) is 14.2. The van der Waals surface area contributed by atoms with Gasteiger partial charge in [0.25, 0.3) is 0 Å². The normalized spacial score (nSPS) is 10.6. The number of carboxylic acid groups (broad SMARTS) is 1. The molecule has 0 aliphatic rings. The number of benzene rings is 2. The van der Waals surface area contributed by atoms with Gasteiger partial charge in [-0.3, -0.25) is 4.79 Å². The third-order valence-electron chi connectivity index (χ3n) is 5.46. The van der Waals surface area contributed by atoms with Crippen LogP contribution in [-0.2, 0) is 17.8 Å². The Bertz CT molecular complexity index is 1100. The first-order valence-electron chi connectivity index (χ1n) is 11.6. The average Bonchev–Trinajstić information content (AvgIpc) is 3.25. The van der Waals surface area contributed by atoms with Crippen LogP contribution in [0.4, 0.5) is 10.5 Å². The van der Waals surface area contributed by atoms with Crippen molar-refractivity contribution in [2.75, 3.05) is 18.5 Å². The summed E-state index contributed by atoms with van der Waals surface area (Å²) in [6, 6.07) is 15.4. The fraction of sp³-hybridized carbons (Fsp3) is 0.346. The van der Waals surface area contributed by atoms with Crippen LogP contribution in [0.1, 0.15) is 37.4 Å². The van der Waals surface area contributed by atoms with Crippen molar-refractivity contribution in [3.8, 4) is 17.0 Å². The third-order valence-corrected chi connectivity index (χ3v) is 5.46. The summed E-state index contributed by atoms with van der Waals surface area (Å²) in [5.74, 6) is -0.276. The van der Waals surface area contributed by atoms with Crippen molar-refractivity contribution in [2.45, 2.75) is 46.1 Å². The van der Waals surface area contributed by atoms with E-state index in [0.717, 1.165) is 36.2 Å². The van der Waals surface area contributed by atoms with Crippen LogP contribution < -0.4 is 15.4 Å². The molecule has 180 valence electrons. The van der Waals surface area contributed by atoms with Gasteiger partial charge in [-0.2, -0.15) is 0 Å². The molecule has 0 aliphatic carbocycles. The second kappa shape index (κ2) is 12.4. The molecule has 0 aliphatic heterocycles. The zero-order chi connectivity index (χ0) is 24.3. The van der Waals surface area contributed by atoms with Gasteiger partial charge in [0.1, 0.15) is 5.75 Å². The predicted octanol–water partition coefficient (Wildman–Crippen LogP) is 4.88. The Hall–Kier alpha value is -3.81. The van der Waals surface area contributed by atoms with Gasteiger partial charge in [-0.25, -0.2) is 9.78 Å². The topological polar surface area (TPSA) is 105 Å². The molecule has 3 rings (SSSR count). The van der Waals surface area contributed by atoms with E-state index in [1.807, 2.05) is 49.6 Å². The molecule has 0 radical (unpaired) electrons. The van der Waals surface area contributed by atoms with E-state index in [1.54, 1.807) is 0 Å². The first-order valence-corrected chi connectivity index (χ1v) is 11.6. The molecule has 3 N–H and O–H groups in total. The zero-order valence-corrected chi connectivity index (χ0v) is 19.7. The summed E-state index contributed by atoms with van der Waals surface area (Å²) in [6.07, 6.45) is 3.95. The van der Waals surface area contributed by atoms with E-state index < -0.39 is 5.97 Å². The molecule has 0 atom stereocenters. The Morgan fingerprint density at radius 2 is 1.88 bits per heavy atom. The summed E-state index contributed by atoms with van der Waals surface area (Å²) in [7, 11) is 0. The van der Waals surface area contributed by atoms with E-state index in [2.05, 4.69) is 39.2 Å². The van der Waals surface area contributed by atoms with Crippen molar-refractivity contribution in [3.63, 3.8) is 0 Å². The number of aromatic nitrogens is 2. The molecule has 2 aromatic carbocycles. The number of amides is 2. The lowest BCUT2D eigenvalue weighted by molar-refractivity contribution is -0.137. The molecule has 8 nitrogen and oxygen atoms in total. The predicted molar refractivity (Wildman–Crippen MR) is 132 cm³/mol. The van der Waals surface area contributed by atoms with Gasteiger partial charge in [0, 0.05) is 30.8 Å². The van der Waals surface area contributed by atoms with E-state index in [1.165, 1.54) is 5.69 Å². The fourth-order valence-electron chi connectivity index (χ4n) is 3.75. The van der Waals surface area contributed by atoms with Gasteiger partial charge in [0.2, 0.25) is 0 Å². The minimum Gasteiger partial charge on any atom is -0.491 e. The maximum absolute atomic E-state index is 12.2. The summed E-state index contributed by atoms with van der Waals surface area (Å²) in [6.45, 7) is 5.59. The first kappa shape index (κ1) is 24.8. The van der Waals surface area contributed by atoms with Crippen LogP contribution in [0.3, 0.4) is 0 Å². The second-order valence-electron chi connectivity index (χ2n) is 7.98. The highest BCUT2D eigenvalue weighted by Crippen LogP contribution is 2.28. The van der Waals surface area contributed by atoms with Gasteiger partial charge < -0.3 is 25.0 Å². The minimum absolute atomic E-state index is 0.0164. The van der Waals surface area contributed by atoms with Gasteiger partial charge in [-0.1, -0.05) is 49.4 Å². The summed E-state index contributed by atoms with van der Waals surface area (Å²) < 4.78 is 8.18. The van der Waals surface area contributed by atoms with E-state index >= 15 is 0 Å². The SMILES string of the molecule is CCc1c(-c2ccccc2)ncn1CCCOc1cccc(C)c1NC(=O)NCCCC(=O)O. The monoisotopic (exact) mass is 464 g/mol. The van der Waals surface area contributed by atoms with Crippen molar-refractivity contribution in [2.24, 2.45) is 0 Å². The van der Waals surface area contributed by atoms with Crippen LogP contribution in [-0.4, -0.2) is 39.8 Å². The summed E-state index contributed by atoms with van der Waals surface area (Å²) >= 11 is 0. The van der Waals surface area contributed by atoms with Gasteiger partial charge in [-0.15, -0.1) is 0 Å². The first-order chi connectivity index (χ1) is 16.5. The highest BCUT2D eigenvalue weighted by molar-refractivity contribution is 5.91. The third kappa shape index (κ3) is 6.84. The number of carboxylic acids is 1. The molecule has 1 aromatic heterocycles. The number of para-hydroxylation sites is 1. The van der Waals surface area contributed by atoms with E-state index in [9.17, 15) is 9.59 Å². The summed E-state index contributed by atoms with van der Waals surface area (Å²) in [5.41, 5.74) is 4.83. The molecule has 0 unspecified atom stereocenters. The molecule has 0 bridgehead atoms. The summed E-state index contributed by atoms with van der Waals surface area (Å²) in [4.78, 5) is 27.5. The number of hydrogen-bond acceptors (Lipinski definition) is 4. The van der Waals surface area contributed by atoms with E-state index in [0.29, 0.717) is 24.5 Å². The molecule has 0 saturated carbocycles. The van der Waals surface area contributed by atoms with E-state index in [-0.39, 0.29) is 19.0 Å². The van der Waals surface area contributed by atoms with Crippen LogP contribution >= 0.6 is 0 Å². The number of aryl methyl sites for hydroxylation is 2. The standard InChI is InChI=1S/C26H32N4O4/c1-3-21-25(20-11-5-4-6-12-20)28-18-30(21)16-9-17-34-22-13-7-10-19(2)24(22)29-26(33)27-15-8-14-23(31)32/h4-7,10-13,18H,3,8-9,14-17H2,1-2H3,(H,31,32)(H2,27,29,33). The van der Waals surface area contributed by atoms with Gasteiger partial charge >= 0.3 is 12.0 Å². The lowest BCUT2D eigenvalue weighted by Crippen LogP contribution is -2.30. The maximum atomic E-state index is 12.2. The number of carbonyl (C=O) groups is 2. The number of carbonyl (C=O) groups excluding carboxylic acids is 1. The Morgan fingerprint density at radius 1 is 1.09 bits per heavy atom. The number of ether oxygens (including phenoxy) is 1. The molecule has 0 fully saturated rings. The smallest absolute Gasteiger partial charge is 0.319 e. The Morgan fingerprint density at radius 3 is 2.62 bits per heavy atom. The van der Waals surface area contributed by atoms with Crippen molar-refractivity contribution in [1.82, 2.24) is 14.9 Å². The molecule has 1 heterocycles. The lowest BCUT2D eigenvalue weighted by atomic mass is 10.1. The van der Waals surface area contributed by atoms with Crippen LogP contribution in [0.2, 0.25) is 0 Å². The molecule has 0 spiro atoms. The molecular formula is C26H32N4O4. The number of imidazole rings is 1. The van der Waals surface area contributed by atoms with Crippen molar-refractivity contribution in [1.29, 1.82) is 0 Å². The van der Waals surface area contributed by atoms with Crippen molar-refractivity contribution < 1.29 is 19.4 Å². The van der Waals surface area contributed by atoms with Crippen LogP contribution in [0.25, 0.3) is 11.3 Å². The number of nitrogens with zero attached hydrogens (tertiary/aromatic N) is 2. The van der Waals surface area contributed by atoms with Gasteiger partial charge in [0.05, 0.1) is 24.3 Å². The second-order valence-corrected chi connectivity index (χ2v) is 7.98. The van der Waals surface area contributed by atoms with Crippen molar-refractivity contribution >= 4 is 17.7 Å². The van der Waals surface area contributed by atoms with E-state index in [4.69, 9.17) is 9.84 Å². The molecule has 34 heavy (non-hydrogen) atoms. The molecule has 0 saturated heterocycles. The number of rotatable bonds is 12. The number of nitrogens with one attached hydrogen (secondary N) is 2. The quantitative estimate of drug-likeness (QED) is 0.332. The van der Waals surface area contributed by atoms with Crippen LogP contribution in [0, 0.1) is 6.92 Å². The lowest BCUT2D eigenvalue weighted by Gasteiger charge is -2.16. The van der Waals surface area contributed by atoms with Gasteiger partial charge in [0.15, 0.2) is 0 Å². The van der Waals surface area contributed by atoms with Crippen molar-refractivity contribution in [3.05, 3.63) is 66.1 Å². The highest BCUT2D eigenvalue weighted by Gasteiger charge is 2.13. The number of aliphatic carboxylic acids is 1. The minimum atomic E-state index is -0.880. The van der Waals surface area contributed by atoms with Crippen LogP contribution in [0.5, 0.6) is 5.75 Å². The number of anilines is 1.